The molecular weight excluding hydrogens is 364 g/mol. The third-order valence-electron chi connectivity index (χ3n) is 2.61. The number of nitrogens with two attached hydrogens (primary N) is 1. The van der Waals surface area contributed by atoms with Crippen molar-refractivity contribution >= 4 is 48.9 Å². The van der Waals surface area contributed by atoms with Crippen molar-refractivity contribution in [3.05, 3.63) is 51.5 Å². The summed E-state index contributed by atoms with van der Waals surface area (Å²) in [4.78, 5) is -0.0494. The molecule has 0 amide bonds. The zero-order valence-corrected chi connectivity index (χ0v) is 13.7. The predicted molar refractivity (Wildman–Crippen MR) is 85.6 cm³/mol. The normalized spacial score (nSPS) is 11.3. The Morgan fingerprint density at radius 1 is 1.20 bits per heavy atom. The summed E-state index contributed by atoms with van der Waals surface area (Å²) in [5.74, 6) is 0. The molecule has 0 unspecified atom stereocenters. The van der Waals surface area contributed by atoms with Crippen molar-refractivity contribution in [2.24, 2.45) is 0 Å². The Balaban J connectivity index is 2.43. The Hall–Kier alpha value is -1.24. The second kappa shape index (κ2) is 5.63. The summed E-state index contributed by atoms with van der Waals surface area (Å²) in [5, 5.41) is 0.120. The van der Waals surface area contributed by atoms with Gasteiger partial charge in [-0.15, -0.1) is 0 Å². The van der Waals surface area contributed by atoms with Crippen LogP contribution in [-0.4, -0.2) is 8.42 Å². The maximum absolute atomic E-state index is 12.3. The van der Waals surface area contributed by atoms with E-state index in [9.17, 15) is 8.42 Å². The number of hydrogen-bond donors (Lipinski definition) is 2. The molecule has 0 bridgehead atoms. The van der Waals surface area contributed by atoms with Gasteiger partial charge in [0, 0.05) is 10.2 Å². The molecule has 0 fully saturated rings. The lowest BCUT2D eigenvalue weighted by atomic mass is 10.2. The van der Waals surface area contributed by atoms with E-state index < -0.39 is 10.0 Å². The maximum atomic E-state index is 12.3. The van der Waals surface area contributed by atoms with Crippen LogP contribution in [0.25, 0.3) is 0 Å². The average molecular weight is 376 g/mol. The summed E-state index contributed by atoms with van der Waals surface area (Å²) in [6.07, 6.45) is 0. The first-order valence-corrected chi connectivity index (χ1v) is 8.29. The minimum atomic E-state index is -3.79. The van der Waals surface area contributed by atoms with E-state index in [0.717, 1.165) is 5.56 Å². The SMILES string of the molecule is Cc1ccc(NS(=O)(=O)c2cc(N)ccc2Cl)c(Br)c1. The third-order valence-corrected chi connectivity index (χ3v) is 5.12. The van der Waals surface area contributed by atoms with E-state index in [2.05, 4.69) is 20.7 Å². The molecule has 7 heteroatoms. The third kappa shape index (κ3) is 3.26. The van der Waals surface area contributed by atoms with E-state index in [4.69, 9.17) is 17.3 Å². The molecule has 20 heavy (non-hydrogen) atoms. The summed E-state index contributed by atoms with van der Waals surface area (Å²) in [5.41, 5.74) is 7.39. The van der Waals surface area contributed by atoms with E-state index in [1.807, 2.05) is 19.1 Å². The highest BCUT2D eigenvalue weighted by Crippen LogP contribution is 2.29. The van der Waals surface area contributed by atoms with E-state index in [-0.39, 0.29) is 9.92 Å². The highest BCUT2D eigenvalue weighted by Gasteiger charge is 2.19. The monoisotopic (exact) mass is 374 g/mol. The second-order valence-corrected chi connectivity index (χ2v) is 7.19. The lowest BCUT2D eigenvalue weighted by molar-refractivity contribution is 0.601. The van der Waals surface area contributed by atoms with Gasteiger partial charge in [0.2, 0.25) is 0 Å². The molecular formula is C13H12BrClN2O2S. The van der Waals surface area contributed by atoms with Crippen LogP contribution in [0.3, 0.4) is 0 Å². The molecule has 2 rings (SSSR count). The Kier molecular flexibility index (Phi) is 4.27. The molecule has 106 valence electrons. The van der Waals surface area contributed by atoms with Crippen LogP contribution in [0.2, 0.25) is 5.02 Å². The number of hydrogen-bond acceptors (Lipinski definition) is 3. The van der Waals surface area contributed by atoms with Crippen LogP contribution >= 0.6 is 27.5 Å². The number of halogens is 2. The van der Waals surface area contributed by atoms with Crippen molar-refractivity contribution in [3.8, 4) is 0 Å². The summed E-state index contributed by atoms with van der Waals surface area (Å²) >= 11 is 9.25. The molecule has 2 aromatic rings. The second-order valence-electron chi connectivity index (χ2n) is 4.28. The van der Waals surface area contributed by atoms with Gasteiger partial charge < -0.3 is 5.73 Å². The van der Waals surface area contributed by atoms with Crippen LogP contribution in [0, 0.1) is 6.92 Å². The van der Waals surface area contributed by atoms with Gasteiger partial charge in [0.25, 0.3) is 10.0 Å². The molecule has 0 saturated carbocycles. The summed E-state index contributed by atoms with van der Waals surface area (Å²) in [6, 6.07) is 9.63. The van der Waals surface area contributed by atoms with Gasteiger partial charge in [-0.05, 0) is 58.7 Å². The number of rotatable bonds is 3. The van der Waals surface area contributed by atoms with E-state index >= 15 is 0 Å². The van der Waals surface area contributed by atoms with Crippen molar-refractivity contribution in [1.82, 2.24) is 0 Å². The molecule has 0 aromatic heterocycles. The maximum Gasteiger partial charge on any atom is 0.263 e. The number of nitrogens with one attached hydrogen (secondary N) is 1. The highest BCUT2D eigenvalue weighted by atomic mass is 79.9. The van der Waals surface area contributed by atoms with Gasteiger partial charge in [-0.2, -0.15) is 0 Å². The van der Waals surface area contributed by atoms with Gasteiger partial charge in [0.15, 0.2) is 0 Å². The average Bonchev–Trinajstić information content (AvgIpc) is 2.35. The van der Waals surface area contributed by atoms with Crippen molar-refractivity contribution in [2.45, 2.75) is 11.8 Å². The largest absolute Gasteiger partial charge is 0.399 e. The van der Waals surface area contributed by atoms with Crippen LogP contribution in [0.15, 0.2) is 45.8 Å². The van der Waals surface area contributed by atoms with E-state index in [1.54, 1.807) is 12.1 Å². The van der Waals surface area contributed by atoms with Gasteiger partial charge in [-0.3, -0.25) is 4.72 Å². The summed E-state index contributed by atoms with van der Waals surface area (Å²) in [6.45, 7) is 1.91. The standard InChI is InChI=1S/C13H12BrClN2O2S/c1-8-2-5-12(10(14)6-8)17-20(18,19)13-7-9(16)3-4-11(13)15/h2-7,17H,16H2,1H3. The van der Waals surface area contributed by atoms with E-state index in [1.165, 1.54) is 12.1 Å². The molecule has 4 nitrogen and oxygen atoms in total. The molecule has 0 radical (unpaired) electrons. The number of aryl methyl sites for hydroxylation is 1. The van der Waals surface area contributed by atoms with Gasteiger partial charge in [0.05, 0.1) is 10.7 Å². The minimum absolute atomic E-state index is 0.0494. The molecule has 0 aliphatic heterocycles. The van der Waals surface area contributed by atoms with Crippen molar-refractivity contribution < 1.29 is 8.42 Å². The van der Waals surface area contributed by atoms with Gasteiger partial charge in [-0.1, -0.05) is 17.7 Å². The van der Waals surface area contributed by atoms with Crippen molar-refractivity contribution in [2.75, 3.05) is 10.5 Å². The van der Waals surface area contributed by atoms with Crippen LogP contribution in [0.4, 0.5) is 11.4 Å². The lowest BCUT2D eigenvalue weighted by Crippen LogP contribution is -2.14. The van der Waals surface area contributed by atoms with Crippen LogP contribution in [0.5, 0.6) is 0 Å². The number of nitrogen functional groups attached to an aromatic ring is 1. The van der Waals surface area contributed by atoms with Gasteiger partial charge in [-0.25, -0.2) is 8.42 Å². The lowest BCUT2D eigenvalue weighted by Gasteiger charge is -2.12. The smallest absolute Gasteiger partial charge is 0.263 e. The zero-order valence-electron chi connectivity index (χ0n) is 10.5. The fourth-order valence-electron chi connectivity index (χ4n) is 1.63. The number of anilines is 2. The first kappa shape index (κ1) is 15.2. The Labute approximate surface area is 131 Å². The molecule has 2 aromatic carbocycles. The molecule has 0 heterocycles. The minimum Gasteiger partial charge on any atom is -0.399 e. The molecule has 0 atom stereocenters. The van der Waals surface area contributed by atoms with E-state index in [0.29, 0.717) is 15.8 Å². The quantitative estimate of drug-likeness (QED) is 0.802. The molecule has 0 aliphatic rings. The summed E-state index contributed by atoms with van der Waals surface area (Å²) < 4.78 is 27.8. The van der Waals surface area contributed by atoms with Gasteiger partial charge >= 0.3 is 0 Å². The topological polar surface area (TPSA) is 72.2 Å². The Bertz CT molecular complexity index is 763. The summed E-state index contributed by atoms with van der Waals surface area (Å²) in [7, 11) is -3.79. The first-order chi connectivity index (χ1) is 9.29. The van der Waals surface area contributed by atoms with Crippen molar-refractivity contribution in [1.29, 1.82) is 0 Å². The first-order valence-electron chi connectivity index (χ1n) is 5.63. The van der Waals surface area contributed by atoms with Gasteiger partial charge in [0.1, 0.15) is 4.90 Å². The van der Waals surface area contributed by atoms with Crippen molar-refractivity contribution in [3.63, 3.8) is 0 Å². The predicted octanol–water partition coefficient (Wildman–Crippen LogP) is 3.79. The Morgan fingerprint density at radius 2 is 1.90 bits per heavy atom. The van der Waals surface area contributed by atoms with Crippen LogP contribution in [-0.2, 0) is 10.0 Å². The molecule has 0 spiro atoms. The number of benzene rings is 2. The molecule has 0 aliphatic carbocycles. The Morgan fingerprint density at radius 3 is 2.55 bits per heavy atom. The number of sulfonamides is 1. The van der Waals surface area contributed by atoms with Crippen LogP contribution in [0.1, 0.15) is 5.56 Å². The fourth-order valence-corrected chi connectivity index (χ4v) is 3.97. The molecule has 3 N–H and O–H groups in total. The zero-order chi connectivity index (χ0) is 14.9. The molecule has 0 saturated heterocycles. The fraction of sp³-hybridized carbons (Fsp3) is 0.0769. The highest BCUT2D eigenvalue weighted by molar-refractivity contribution is 9.10. The van der Waals surface area contributed by atoms with Crippen LogP contribution < -0.4 is 10.5 Å².